The molecule has 0 saturated heterocycles. The molecule has 4 aromatic rings. The molecule has 0 radical (unpaired) electrons. The molecule has 0 atom stereocenters. The lowest BCUT2D eigenvalue weighted by Crippen LogP contribution is -2.03. The molecule has 2 aromatic carbocycles. The van der Waals surface area contributed by atoms with E-state index < -0.39 is 0 Å². The number of aromatic amines is 2. The van der Waals surface area contributed by atoms with E-state index in [-0.39, 0.29) is 5.56 Å². The maximum atomic E-state index is 12.2. The number of nitrogens with zero attached hydrogens (tertiary/aromatic N) is 1. The van der Waals surface area contributed by atoms with E-state index in [0.29, 0.717) is 11.3 Å². The summed E-state index contributed by atoms with van der Waals surface area (Å²) in [5.41, 5.74) is 4.04. The summed E-state index contributed by atoms with van der Waals surface area (Å²) in [7, 11) is 0. The van der Waals surface area contributed by atoms with Gasteiger partial charge in [0, 0.05) is 20.9 Å². The van der Waals surface area contributed by atoms with Gasteiger partial charge in [-0.25, -0.2) is 4.98 Å². The zero-order valence-electron chi connectivity index (χ0n) is 14.0. The number of pyridine rings is 1. The van der Waals surface area contributed by atoms with Crippen LogP contribution in [0.3, 0.4) is 0 Å². The number of nitrogens with one attached hydrogen (secondary N) is 2. The molecule has 0 bridgehead atoms. The second-order valence-corrected chi connectivity index (χ2v) is 7.14. The third-order valence-electron chi connectivity index (χ3n) is 4.12. The van der Waals surface area contributed by atoms with Crippen LogP contribution in [0.1, 0.15) is 11.3 Å². The SMILES string of the molecule is Cc1cccc(Sc2cc(-c3c(C)[nH][nH]c3=O)nc3ccccc23)c1. The number of rotatable bonds is 3. The predicted octanol–water partition coefficient (Wildman–Crippen LogP) is 4.69. The average Bonchev–Trinajstić information content (AvgIpc) is 2.93. The first-order valence-electron chi connectivity index (χ1n) is 8.04. The Balaban J connectivity index is 1.92. The molecule has 124 valence electrons. The summed E-state index contributed by atoms with van der Waals surface area (Å²) in [6, 6.07) is 18.4. The predicted molar refractivity (Wildman–Crippen MR) is 102 cm³/mol. The molecule has 25 heavy (non-hydrogen) atoms. The smallest absolute Gasteiger partial charge is 0.273 e. The van der Waals surface area contributed by atoms with Gasteiger partial charge in [-0.15, -0.1) is 0 Å². The van der Waals surface area contributed by atoms with Crippen LogP contribution in [0.2, 0.25) is 0 Å². The molecule has 0 saturated carbocycles. The Kier molecular flexibility index (Phi) is 3.93. The highest BCUT2D eigenvalue weighted by molar-refractivity contribution is 7.99. The number of fused-ring (bicyclic) bond motifs is 1. The third kappa shape index (κ3) is 2.98. The van der Waals surface area contributed by atoms with Gasteiger partial charge in [-0.3, -0.25) is 9.89 Å². The first kappa shape index (κ1) is 15.7. The Morgan fingerprint density at radius 1 is 0.960 bits per heavy atom. The summed E-state index contributed by atoms with van der Waals surface area (Å²) in [4.78, 5) is 19.1. The highest BCUT2D eigenvalue weighted by atomic mass is 32.2. The van der Waals surface area contributed by atoms with Gasteiger partial charge in [0.15, 0.2) is 0 Å². The van der Waals surface area contributed by atoms with Gasteiger partial charge in [-0.2, -0.15) is 0 Å². The zero-order valence-corrected chi connectivity index (χ0v) is 14.8. The molecule has 0 aliphatic rings. The van der Waals surface area contributed by atoms with Crippen molar-refractivity contribution in [2.75, 3.05) is 0 Å². The van der Waals surface area contributed by atoms with E-state index in [1.165, 1.54) is 10.5 Å². The van der Waals surface area contributed by atoms with E-state index in [2.05, 4.69) is 47.5 Å². The average molecular weight is 347 g/mol. The van der Waals surface area contributed by atoms with Crippen molar-refractivity contribution in [2.24, 2.45) is 0 Å². The van der Waals surface area contributed by atoms with Crippen molar-refractivity contribution in [1.29, 1.82) is 0 Å². The lowest BCUT2D eigenvalue weighted by molar-refractivity contribution is 1.02. The maximum Gasteiger partial charge on any atom is 0.273 e. The number of H-pyrrole nitrogens is 2. The van der Waals surface area contributed by atoms with Crippen molar-refractivity contribution in [3.05, 3.63) is 76.2 Å². The van der Waals surface area contributed by atoms with Crippen LogP contribution in [0.4, 0.5) is 0 Å². The van der Waals surface area contributed by atoms with Crippen LogP contribution < -0.4 is 5.56 Å². The van der Waals surface area contributed by atoms with Crippen LogP contribution in [-0.4, -0.2) is 15.2 Å². The Hall–Kier alpha value is -2.79. The maximum absolute atomic E-state index is 12.2. The Labute approximate surface area is 149 Å². The van der Waals surface area contributed by atoms with E-state index in [1.54, 1.807) is 11.8 Å². The van der Waals surface area contributed by atoms with Gasteiger partial charge in [0.2, 0.25) is 0 Å². The molecule has 0 fully saturated rings. The second kappa shape index (κ2) is 6.26. The topological polar surface area (TPSA) is 61.5 Å². The highest BCUT2D eigenvalue weighted by Gasteiger charge is 2.14. The fourth-order valence-corrected chi connectivity index (χ4v) is 4.01. The van der Waals surface area contributed by atoms with E-state index in [9.17, 15) is 4.79 Å². The minimum absolute atomic E-state index is 0.146. The van der Waals surface area contributed by atoms with E-state index in [0.717, 1.165) is 21.5 Å². The monoisotopic (exact) mass is 347 g/mol. The standard InChI is InChI=1S/C20H17N3OS/c1-12-6-5-7-14(10-12)25-18-11-17(19-13(2)22-23-20(19)24)21-16-9-4-3-8-15(16)18/h3-11H,1-2H3,(H2,22,23,24). The number of aryl methyl sites for hydroxylation is 2. The first-order valence-corrected chi connectivity index (χ1v) is 8.85. The van der Waals surface area contributed by atoms with Gasteiger partial charge in [0.05, 0.1) is 16.8 Å². The Morgan fingerprint density at radius 2 is 1.80 bits per heavy atom. The van der Waals surface area contributed by atoms with Crippen LogP contribution in [0, 0.1) is 13.8 Å². The van der Waals surface area contributed by atoms with Gasteiger partial charge < -0.3 is 5.10 Å². The van der Waals surface area contributed by atoms with Gasteiger partial charge in [-0.1, -0.05) is 47.7 Å². The fourth-order valence-electron chi connectivity index (χ4n) is 2.92. The fraction of sp³-hybridized carbons (Fsp3) is 0.100. The van der Waals surface area contributed by atoms with Crippen molar-refractivity contribution in [1.82, 2.24) is 15.2 Å². The summed E-state index contributed by atoms with van der Waals surface area (Å²) >= 11 is 1.69. The number of hydrogen-bond donors (Lipinski definition) is 2. The molecule has 0 amide bonds. The molecule has 2 heterocycles. The highest BCUT2D eigenvalue weighted by Crippen LogP contribution is 2.35. The van der Waals surface area contributed by atoms with E-state index >= 15 is 0 Å². The molecular weight excluding hydrogens is 330 g/mol. The van der Waals surface area contributed by atoms with Crippen LogP contribution in [0.5, 0.6) is 0 Å². The van der Waals surface area contributed by atoms with Gasteiger partial charge in [-0.05, 0) is 38.1 Å². The molecule has 0 spiro atoms. The van der Waals surface area contributed by atoms with Gasteiger partial charge in [0.25, 0.3) is 5.56 Å². The van der Waals surface area contributed by atoms with Crippen molar-refractivity contribution >= 4 is 22.7 Å². The quantitative estimate of drug-likeness (QED) is 0.565. The van der Waals surface area contributed by atoms with Gasteiger partial charge >= 0.3 is 0 Å². The Morgan fingerprint density at radius 3 is 2.56 bits per heavy atom. The minimum atomic E-state index is -0.146. The molecule has 4 nitrogen and oxygen atoms in total. The largest absolute Gasteiger partial charge is 0.302 e. The molecule has 5 heteroatoms. The lowest BCUT2D eigenvalue weighted by atomic mass is 10.1. The van der Waals surface area contributed by atoms with Crippen LogP contribution in [-0.2, 0) is 0 Å². The second-order valence-electron chi connectivity index (χ2n) is 6.02. The Bertz CT molecular complexity index is 1130. The molecular formula is C20H17N3OS. The first-order chi connectivity index (χ1) is 12.1. The summed E-state index contributed by atoms with van der Waals surface area (Å²) < 4.78 is 0. The van der Waals surface area contributed by atoms with Gasteiger partial charge in [0.1, 0.15) is 0 Å². The summed E-state index contributed by atoms with van der Waals surface area (Å²) in [6.45, 7) is 3.96. The van der Waals surface area contributed by atoms with Crippen LogP contribution >= 0.6 is 11.8 Å². The van der Waals surface area contributed by atoms with E-state index in [1.807, 2.05) is 31.2 Å². The molecule has 2 N–H and O–H groups in total. The van der Waals surface area contributed by atoms with Crippen molar-refractivity contribution in [2.45, 2.75) is 23.6 Å². The van der Waals surface area contributed by atoms with Crippen molar-refractivity contribution < 1.29 is 0 Å². The molecule has 2 aromatic heterocycles. The summed E-state index contributed by atoms with van der Waals surface area (Å²) in [5, 5.41) is 6.59. The normalized spacial score (nSPS) is 11.1. The number of benzene rings is 2. The number of aromatic nitrogens is 3. The van der Waals surface area contributed by atoms with Crippen molar-refractivity contribution in [3.8, 4) is 11.3 Å². The summed E-state index contributed by atoms with van der Waals surface area (Å²) in [5.74, 6) is 0. The number of para-hydroxylation sites is 1. The molecule has 0 aliphatic carbocycles. The molecule has 4 rings (SSSR count). The molecule has 0 aliphatic heterocycles. The van der Waals surface area contributed by atoms with E-state index in [4.69, 9.17) is 4.98 Å². The van der Waals surface area contributed by atoms with Crippen molar-refractivity contribution in [3.63, 3.8) is 0 Å². The molecule has 0 unspecified atom stereocenters. The van der Waals surface area contributed by atoms with Crippen LogP contribution in [0.25, 0.3) is 22.2 Å². The zero-order chi connectivity index (χ0) is 17.4. The lowest BCUT2D eigenvalue weighted by Gasteiger charge is -2.09. The minimum Gasteiger partial charge on any atom is -0.302 e. The summed E-state index contributed by atoms with van der Waals surface area (Å²) in [6.07, 6.45) is 0. The number of hydrogen-bond acceptors (Lipinski definition) is 3. The van der Waals surface area contributed by atoms with Crippen LogP contribution in [0.15, 0.2) is 69.2 Å². The third-order valence-corrected chi connectivity index (χ3v) is 5.16.